The van der Waals surface area contributed by atoms with Crippen molar-refractivity contribution in [2.24, 2.45) is 0 Å². The number of ether oxygens (including phenoxy) is 1. The van der Waals surface area contributed by atoms with Gasteiger partial charge in [-0.25, -0.2) is 19.7 Å². The lowest BCUT2D eigenvalue weighted by molar-refractivity contribution is 0.0600. The van der Waals surface area contributed by atoms with E-state index in [1.54, 1.807) is 30.6 Å². The number of aromatic nitrogens is 3. The van der Waals surface area contributed by atoms with Crippen molar-refractivity contribution in [1.29, 1.82) is 0 Å². The van der Waals surface area contributed by atoms with Crippen LogP contribution in [-0.4, -0.2) is 33.1 Å². The molecule has 5 rings (SSSR count). The number of anilines is 2. The lowest BCUT2D eigenvalue weighted by atomic mass is 9.96. The Bertz CT molecular complexity index is 1400. The fourth-order valence-corrected chi connectivity index (χ4v) is 5.31. The average molecular weight is 473 g/mol. The van der Waals surface area contributed by atoms with Crippen molar-refractivity contribution in [3.05, 3.63) is 87.7 Å². The van der Waals surface area contributed by atoms with Gasteiger partial charge in [0.25, 0.3) is 0 Å². The maximum absolute atomic E-state index is 11.9. The summed E-state index contributed by atoms with van der Waals surface area (Å²) in [5.74, 6) is 1.05. The van der Waals surface area contributed by atoms with Gasteiger partial charge in [-0.15, -0.1) is 11.3 Å². The number of aryl methyl sites for hydroxylation is 3. The van der Waals surface area contributed by atoms with Gasteiger partial charge in [-0.05, 0) is 85.3 Å². The number of hydrogen-bond acceptors (Lipinski definition) is 8. The molecule has 0 amide bonds. The molecule has 2 N–H and O–H groups in total. The normalized spacial score (nSPS) is 16.8. The molecule has 3 aromatic heterocycles. The Labute approximate surface area is 201 Å². The van der Waals surface area contributed by atoms with Gasteiger partial charge < -0.3 is 15.2 Å². The largest absolute Gasteiger partial charge is 0.465 e. The van der Waals surface area contributed by atoms with Crippen LogP contribution in [0.25, 0.3) is 10.6 Å². The summed E-state index contributed by atoms with van der Waals surface area (Å²) >= 11 is 1.43. The third-order valence-electron chi connectivity index (χ3n) is 5.98. The molecule has 0 aliphatic heterocycles. The van der Waals surface area contributed by atoms with Crippen LogP contribution in [0.4, 0.5) is 11.6 Å². The molecule has 0 fully saturated rings. The van der Waals surface area contributed by atoms with Gasteiger partial charge in [0.2, 0.25) is 0 Å². The summed E-state index contributed by atoms with van der Waals surface area (Å²) in [4.78, 5) is 26.4. The molecule has 1 aliphatic rings. The van der Waals surface area contributed by atoms with Gasteiger partial charge in [0.15, 0.2) is 0 Å². The summed E-state index contributed by atoms with van der Waals surface area (Å²) in [6.07, 6.45) is 4.69. The highest BCUT2D eigenvalue weighted by molar-refractivity contribution is 7.15. The van der Waals surface area contributed by atoms with Crippen LogP contribution < -0.4 is 5.32 Å². The Morgan fingerprint density at radius 3 is 2.71 bits per heavy atom. The molecule has 1 unspecified atom stereocenters. The summed E-state index contributed by atoms with van der Waals surface area (Å²) in [6.45, 7) is 4.03. The molecule has 0 saturated heterocycles. The topological polar surface area (TPSA) is 97.2 Å². The average Bonchev–Trinajstić information content (AvgIpc) is 3.44. The molecule has 0 spiro atoms. The fraction of sp³-hybridized carbons (Fsp3) is 0.231. The van der Waals surface area contributed by atoms with E-state index < -0.39 is 5.60 Å². The predicted molar refractivity (Wildman–Crippen MR) is 131 cm³/mol. The van der Waals surface area contributed by atoms with Gasteiger partial charge in [0.1, 0.15) is 22.2 Å². The standard InChI is InChI=1S/C26H24N4O3S/c1-15-7-9-27-22(11-15)30-23-12-16(2)10-20(29-23)21-14-28-25(34-21)26(32)8-6-17-13-18(24(31)33-3)4-5-19(17)26/h4-5,7,9-14,32H,6,8H2,1-3H3,(H,27,29,30). The first-order chi connectivity index (χ1) is 16.4. The lowest BCUT2D eigenvalue weighted by Gasteiger charge is -2.21. The molecule has 7 nitrogen and oxygen atoms in total. The molecule has 1 aliphatic carbocycles. The summed E-state index contributed by atoms with van der Waals surface area (Å²) < 4.78 is 4.82. The predicted octanol–water partition coefficient (Wildman–Crippen LogP) is 4.93. The zero-order valence-electron chi connectivity index (χ0n) is 19.1. The SMILES string of the molecule is COC(=O)c1ccc2c(c1)CCC2(O)c1ncc(-c2cc(C)cc(Nc3cc(C)ccn3)n2)s1. The fourth-order valence-electron chi connectivity index (χ4n) is 4.30. The van der Waals surface area contributed by atoms with Crippen LogP contribution in [0.2, 0.25) is 0 Å². The Hall–Kier alpha value is -3.62. The van der Waals surface area contributed by atoms with Crippen molar-refractivity contribution >= 4 is 28.9 Å². The first-order valence-corrected chi connectivity index (χ1v) is 11.8. The Balaban J connectivity index is 1.45. The second kappa shape index (κ2) is 8.62. The molecule has 4 aromatic rings. The van der Waals surface area contributed by atoms with Crippen molar-refractivity contribution in [1.82, 2.24) is 15.0 Å². The number of nitrogens with one attached hydrogen (secondary N) is 1. The zero-order valence-corrected chi connectivity index (χ0v) is 19.9. The van der Waals surface area contributed by atoms with Gasteiger partial charge in [-0.3, -0.25) is 0 Å². The van der Waals surface area contributed by atoms with E-state index in [1.807, 2.05) is 38.1 Å². The monoisotopic (exact) mass is 472 g/mol. The maximum Gasteiger partial charge on any atom is 0.337 e. The number of carbonyl (C=O) groups is 1. The number of carbonyl (C=O) groups excluding carboxylic acids is 1. The number of rotatable bonds is 5. The van der Waals surface area contributed by atoms with E-state index in [9.17, 15) is 9.90 Å². The minimum absolute atomic E-state index is 0.384. The van der Waals surface area contributed by atoms with Gasteiger partial charge in [-0.1, -0.05) is 6.07 Å². The van der Waals surface area contributed by atoms with Crippen LogP contribution in [0.15, 0.2) is 54.9 Å². The summed E-state index contributed by atoms with van der Waals surface area (Å²) in [5.41, 5.74) is 3.96. The number of thiazole rings is 1. The highest BCUT2D eigenvalue weighted by atomic mass is 32.1. The number of methoxy groups -OCH3 is 1. The van der Waals surface area contributed by atoms with Gasteiger partial charge >= 0.3 is 5.97 Å². The molecule has 8 heteroatoms. The number of hydrogen-bond donors (Lipinski definition) is 2. The van der Waals surface area contributed by atoms with Gasteiger partial charge in [0.05, 0.1) is 23.2 Å². The number of nitrogens with zero attached hydrogens (tertiary/aromatic N) is 3. The highest BCUT2D eigenvalue weighted by Gasteiger charge is 2.41. The number of esters is 1. The molecule has 0 bridgehead atoms. The van der Waals surface area contributed by atoms with E-state index in [1.165, 1.54) is 18.4 Å². The van der Waals surface area contributed by atoms with Crippen molar-refractivity contribution in [3.8, 4) is 10.6 Å². The molecule has 0 saturated carbocycles. The van der Waals surface area contributed by atoms with Crippen LogP contribution in [0.3, 0.4) is 0 Å². The van der Waals surface area contributed by atoms with Crippen molar-refractivity contribution in [2.45, 2.75) is 32.3 Å². The number of aliphatic hydroxyl groups is 1. The lowest BCUT2D eigenvalue weighted by Crippen LogP contribution is -2.23. The van der Waals surface area contributed by atoms with Gasteiger partial charge in [0, 0.05) is 12.4 Å². The molecule has 1 atom stereocenters. The van der Waals surface area contributed by atoms with Crippen molar-refractivity contribution in [3.63, 3.8) is 0 Å². The first kappa shape index (κ1) is 22.2. The highest BCUT2D eigenvalue weighted by Crippen LogP contribution is 2.45. The van der Waals surface area contributed by atoms with Crippen LogP contribution in [0, 0.1) is 13.8 Å². The number of benzene rings is 1. The molecule has 1 aromatic carbocycles. The van der Waals surface area contributed by atoms with E-state index in [0.717, 1.165) is 38.6 Å². The van der Waals surface area contributed by atoms with E-state index in [0.29, 0.717) is 29.2 Å². The minimum atomic E-state index is -1.19. The van der Waals surface area contributed by atoms with Crippen LogP contribution >= 0.6 is 11.3 Å². The van der Waals surface area contributed by atoms with Crippen LogP contribution in [0.5, 0.6) is 0 Å². The van der Waals surface area contributed by atoms with Gasteiger partial charge in [-0.2, -0.15) is 0 Å². The molecule has 34 heavy (non-hydrogen) atoms. The third kappa shape index (κ3) is 4.06. The van der Waals surface area contributed by atoms with E-state index in [4.69, 9.17) is 9.72 Å². The van der Waals surface area contributed by atoms with E-state index in [-0.39, 0.29) is 5.97 Å². The first-order valence-electron chi connectivity index (χ1n) is 10.9. The Morgan fingerprint density at radius 1 is 1.09 bits per heavy atom. The second-order valence-corrected chi connectivity index (χ2v) is 9.54. The quantitative estimate of drug-likeness (QED) is 0.398. The maximum atomic E-state index is 11.9. The molecule has 172 valence electrons. The zero-order chi connectivity index (χ0) is 23.9. The second-order valence-electron chi connectivity index (χ2n) is 8.51. The summed E-state index contributed by atoms with van der Waals surface area (Å²) in [5, 5.41) is 15.5. The third-order valence-corrected chi connectivity index (χ3v) is 7.15. The summed E-state index contributed by atoms with van der Waals surface area (Å²) in [7, 11) is 1.36. The van der Waals surface area contributed by atoms with E-state index in [2.05, 4.69) is 15.3 Å². The number of fused-ring (bicyclic) bond motifs is 1. The van der Waals surface area contributed by atoms with Crippen molar-refractivity contribution in [2.75, 3.05) is 12.4 Å². The Morgan fingerprint density at radius 2 is 1.91 bits per heavy atom. The summed E-state index contributed by atoms with van der Waals surface area (Å²) in [6, 6.07) is 13.2. The van der Waals surface area contributed by atoms with Crippen LogP contribution in [0.1, 0.15) is 44.0 Å². The smallest absolute Gasteiger partial charge is 0.337 e. The molecule has 0 radical (unpaired) electrons. The van der Waals surface area contributed by atoms with Crippen molar-refractivity contribution < 1.29 is 14.6 Å². The molecular formula is C26H24N4O3S. The Kier molecular flexibility index (Phi) is 5.63. The van der Waals surface area contributed by atoms with Crippen LogP contribution in [-0.2, 0) is 16.8 Å². The minimum Gasteiger partial charge on any atom is -0.465 e. The number of pyridine rings is 2. The molecule has 3 heterocycles. The van der Waals surface area contributed by atoms with E-state index >= 15 is 0 Å². The molecular weight excluding hydrogens is 448 g/mol.